The standard InChI is InChI=1S/C27H35F3N2O2/c1-14-3-5-17-15(9-14)4-6-19-18(17)7-8-26(2)23(19)20-10-21(20)24(26)22(33)13-34-16-11-31-25(32-12-16)27(28,29)30/h11-12,14-15,17-21,23-24H,3-10,13H2,1-2H3. The molecular weight excluding hydrogens is 441 g/mol. The van der Waals surface area contributed by atoms with E-state index in [1.165, 1.54) is 38.5 Å². The van der Waals surface area contributed by atoms with Crippen LogP contribution in [-0.2, 0) is 11.0 Å². The molecule has 6 rings (SSSR count). The number of hydrogen-bond donors (Lipinski definition) is 0. The number of fused-ring (bicyclic) bond motifs is 7. The van der Waals surface area contributed by atoms with Crippen molar-refractivity contribution < 1.29 is 22.7 Å². The van der Waals surface area contributed by atoms with Crippen LogP contribution in [-0.4, -0.2) is 22.4 Å². The van der Waals surface area contributed by atoms with Crippen LogP contribution in [0.4, 0.5) is 13.2 Å². The Labute approximate surface area is 199 Å². The van der Waals surface area contributed by atoms with Crippen LogP contribution in [0, 0.1) is 58.7 Å². The first kappa shape index (κ1) is 22.8. The molecule has 0 saturated heterocycles. The fourth-order valence-electron chi connectivity index (χ4n) is 9.44. The number of carbonyl (C=O) groups excluding carboxylic acids is 1. The van der Waals surface area contributed by atoms with Crippen molar-refractivity contribution in [3.63, 3.8) is 0 Å². The van der Waals surface area contributed by atoms with Gasteiger partial charge >= 0.3 is 6.18 Å². The summed E-state index contributed by atoms with van der Waals surface area (Å²) in [6, 6.07) is 0. The topological polar surface area (TPSA) is 52.1 Å². The molecule has 0 spiro atoms. The number of rotatable bonds is 4. The molecular formula is C27H35F3N2O2. The van der Waals surface area contributed by atoms with Crippen molar-refractivity contribution in [1.82, 2.24) is 9.97 Å². The lowest BCUT2D eigenvalue weighted by molar-refractivity contribution is -0.145. The minimum absolute atomic E-state index is 0.0166. The Morgan fingerprint density at radius 1 is 1.00 bits per heavy atom. The van der Waals surface area contributed by atoms with Gasteiger partial charge in [0.05, 0.1) is 12.4 Å². The Morgan fingerprint density at radius 2 is 1.74 bits per heavy atom. The van der Waals surface area contributed by atoms with E-state index in [1.54, 1.807) is 0 Å². The molecule has 0 radical (unpaired) electrons. The summed E-state index contributed by atoms with van der Waals surface area (Å²) in [4.78, 5) is 20.1. The lowest BCUT2D eigenvalue weighted by Gasteiger charge is -2.57. The zero-order chi connectivity index (χ0) is 23.8. The molecule has 4 nitrogen and oxygen atoms in total. The highest BCUT2D eigenvalue weighted by atomic mass is 19.4. The SMILES string of the molecule is CC1CCC2C(CCC3C2CCC2(C)C(C(=O)COc4cnc(C(F)(F)F)nc4)C4CC4C32)C1. The number of Topliss-reactive ketones (excluding diaryl/α,β-unsaturated/α-hetero) is 1. The van der Waals surface area contributed by atoms with E-state index < -0.39 is 12.0 Å². The van der Waals surface area contributed by atoms with Crippen LogP contribution >= 0.6 is 0 Å². The molecule has 5 fully saturated rings. The molecule has 5 aliphatic carbocycles. The van der Waals surface area contributed by atoms with E-state index in [4.69, 9.17) is 4.74 Å². The monoisotopic (exact) mass is 476 g/mol. The third-order valence-corrected chi connectivity index (χ3v) is 10.6. The first-order chi connectivity index (χ1) is 16.2. The van der Waals surface area contributed by atoms with E-state index in [2.05, 4.69) is 23.8 Å². The number of aromatic nitrogens is 2. The van der Waals surface area contributed by atoms with Gasteiger partial charge in [0.2, 0.25) is 5.82 Å². The molecule has 5 aliphatic rings. The quantitative estimate of drug-likeness (QED) is 0.519. The summed E-state index contributed by atoms with van der Waals surface area (Å²) >= 11 is 0. The number of hydrogen-bond acceptors (Lipinski definition) is 4. The first-order valence-electron chi connectivity index (χ1n) is 13.2. The lowest BCUT2D eigenvalue weighted by Crippen LogP contribution is -2.51. The van der Waals surface area contributed by atoms with Crippen LogP contribution in [0.1, 0.15) is 71.0 Å². The van der Waals surface area contributed by atoms with Gasteiger partial charge in [-0.05, 0) is 97.7 Å². The Balaban J connectivity index is 1.14. The average molecular weight is 477 g/mol. The van der Waals surface area contributed by atoms with E-state index >= 15 is 0 Å². The molecule has 10 atom stereocenters. The average Bonchev–Trinajstić information content (AvgIpc) is 3.50. The summed E-state index contributed by atoms with van der Waals surface area (Å²) in [5.41, 5.74) is 0.0423. The van der Waals surface area contributed by atoms with Crippen molar-refractivity contribution in [2.75, 3.05) is 6.61 Å². The maximum absolute atomic E-state index is 13.4. The van der Waals surface area contributed by atoms with E-state index in [0.29, 0.717) is 17.8 Å². The molecule has 1 aromatic rings. The van der Waals surface area contributed by atoms with Gasteiger partial charge in [-0.1, -0.05) is 20.3 Å². The van der Waals surface area contributed by atoms with Gasteiger partial charge in [-0.2, -0.15) is 13.2 Å². The Hall–Kier alpha value is -1.66. The van der Waals surface area contributed by atoms with Crippen molar-refractivity contribution in [3.05, 3.63) is 18.2 Å². The van der Waals surface area contributed by atoms with Crippen molar-refractivity contribution in [1.29, 1.82) is 0 Å². The van der Waals surface area contributed by atoms with Gasteiger partial charge in [0.25, 0.3) is 0 Å². The summed E-state index contributed by atoms with van der Waals surface area (Å²) in [6.07, 6.45) is 7.87. The second-order valence-electron chi connectivity index (χ2n) is 12.4. The maximum Gasteiger partial charge on any atom is 0.451 e. The molecule has 1 aromatic heterocycles. The normalized spacial score (nSPS) is 44.9. The van der Waals surface area contributed by atoms with Gasteiger partial charge in [0.1, 0.15) is 6.61 Å². The summed E-state index contributed by atoms with van der Waals surface area (Å²) < 4.78 is 43.7. The van der Waals surface area contributed by atoms with E-state index in [1.807, 2.05) is 0 Å². The summed E-state index contributed by atoms with van der Waals surface area (Å²) in [5, 5.41) is 0. The van der Waals surface area contributed by atoms with Crippen LogP contribution in [0.2, 0.25) is 0 Å². The fourth-order valence-corrected chi connectivity index (χ4v) is 9.44. The minimum Gasteiger partial charge on any atom is -0.483 e. The molecule has 0 amide bonds. The summed E-state index contributed by atoms with van der Waals surface area (Å²) in [5.74, 6) is 5.15. The zero-order valence-corrected chi connectivity index (χ0v) is 20.1. The molecule has 0 bridgehead atoms. The summed E-state index contributed by atoms with van der Waals surface area (Å²) in [6.45, 7) is 4.67. The second kappa shape index (κ2) is 7.92. The molecule has 0 N–H and O–H groups in total. The Morgan fingerprint density at radius 3 is 2.47 bits per heavy atom. The van der Waals surface area contributed by atoms with Gasteiger partial charge in [-0.15, -0.1) is 0 Å². The molecule has 0 aliphatic heterocycles. The molecule has 10 unspecified atom stereocenters. The minimum atomic E-state index is -4.59. The Bertz CT molecular complexity index is 950. The largest absolute Gasteiger partial charge is 0.483 e. The summed E-state index contributed by atoms with van der Waals surface area (Å²) in [7, 11) is 0. The Kier molecular flexibility index (Phi) is 5.31. The predicted molar refractivity (Wildman–Crippen MR) is 120 cm³/mol. The van der Waals surface area contributed by atoms with Gasteiger partial charge in [-0.3, -0.25) is 4.79 Å². The van der Waals surface area contributed by atoms with Crippen LogP contribution in [0.5, 0.6) is 5.75 Å². The van der Waals surface area contributed by atoms with Gasteiger partial charge in [-0.25, -0.2) is 9.97 Å². The molecule has 186 valence electrons. The maximum atomic E-state index is 13.4. The molecule has 34 heavy (non-hydrogen) atoms. The number of ether oxygens (including phenoxy) is 1. The number of alkyl halides is 3. The molecule has 5 saturated carbocycles. The highest BCUT2D eigenvalue weighted by molar-refractivity contribution is 5.84. The van der Waals surface area contributed by atoms with Crippen LogP contribution in [0.3, 0.4) is 0 Å². The third-order valence-electron chi connectivity index (χ3n) is 10.6. The highest BCUT2D eigenvalue weighted by Crippen LogP contribution is 2.74. The molecule has 1 heterocycles. The van der Waals surface area contributed by atoms with Crippen molar-refractivity contribution in [2.45, 2.75) is 71.4 Å². The van der Waals surface area contributed by atoms with Crippen LogP contribution in [0.15, 0.2) is 12.4 Å². The molecule has 7 heteroatoms. The second-order valence-corrected chi connectivity index (χ2v) is 12.4. The number of carbonyl (C=O) groups is 1. The van der Waals surface area contributed by atoms with Crippen LogP contribution < -0.4 is 4.74 Å². The zero-order valence-electron chi connectivity index (χ0n) is 20.1. The first-order valence-corrected chi connectivity index (χ1v) is 13.2. The predicted octanol–water partition coefficient (Wildman–Crippen LogP) is 6.20. The number of halogens is 3. The van der Waals surface area contributed by atoms with Gasteiger partial charge < -0.3 is 4.74 Å². The lowest BCUT2D eigenvalue weighted by atomic mass is 9.48. The van der Waals surface area contributed by atoms with Crippen molar-refractivity contribution >= 4 is 5.78 Å². The van der Waals surface area contributed by atoms with E-state index in [0.717, 1.165) is 54.8 Å². The molecule has 0 aromatic carbocycles. The smallest absolute Gasteiger partial charge is 0.451 e. The highest BCUT2D eigenvalue weighted by Gasteiger charge is 2.70. The number of nitrogens with zero attached hydrogens (tertiary/aromatic N) is 2. The van der Waals surface area contributed by atoms with Gasteiger partial charge in [0, 0.05) is 5.92 Å². The fraction of sp³-hybridized carbons (Fsp3) is 0.815. The van der Waals surface area contributed by atoms with Crippen molar-refractivity contribution in [2.24, 2.45) is 58.7 Å². The van der Waals surface area contributed by atoms with E-state index in [9.17, 15) is 18.0 Å². The number of ketones is 1. The van der Waals surface area contributed by atoms with Gasteiger partial charge in [0.15, 0.2) is 11.5 Å². The van der Waals surface area contributed by atoms with Crippen molar-refractivity contribution in [3.8, 4) is 5.75 Å². The van der Waals surface area contributed by atoms with Crippen LogP contribution in [0.25, 0.3) is 0 Å². The van der Waals surface area contributed by atoms with E-state index in [-0.39, 0.29) is 29.5 Å². The third kappa shape index (κ3) is 3.59.